The summed E-state index contributed by atoms with van der Waals surface area (Å²) < 4.78 is 26.3. The number of amides is 1. The number of sulfonamides is 1. The third-order valence-corrected chi connectivity index (χ3v) is 6.93. The van der Waals surface area contributed by atoms with Gasteiger partial charge >= 0.3 is 0 Å². The quantitative estimate of drug-likeness (QED) is 0.800. The van der Waals surface area contributed by atoms with E-state index in [1.54, 1.807) is 6.92 Å². The predicted molar refractivity (Wildman–Crippen MR) is 101 cm³/mol. The summed E-state index contributed by atoms with van der Waals surface area (Å²) >= 11 is 3.49. The summed E-state index contributed by atoms with van der Waals surface area (Å²) in [4.78, 5) is 12.6. The van der Waals surface area contributed by atoms with Crippen molar-refractivity contribution in [1.82, 2.24) is 4.31 Å². The van der Waals surface area contributed by atoms with E-state index >= 15 is 0 Å². The standard InChI is InChI=1S/C17H25BrN2O3S/c1-4-13-11-15(18)10-12(3)16(13)19-17(21)14-6-8-20(9-7-14)24(22,23)5-2/h10-11,14H,4-9H2,1-3H3,(H,19,21). The molecule has 7 heteroatoms. The highest BCUT2D eigenvalue weighted by Crippen LogP contribution is 2.28. The first-order valence-electron chi connectivity index (χ1n) is 8.36. The minimum atomic E-state index is -3.15. The van der Waals surface area contributed by atoms with Crippen LogP contribution in [0.5, 0.6) is 0 Å². The van der Waals surface area contributed by atoms with Gasteiger partial charge in [0.15, 0.2) is 0 Å². The Morgan fingerprint density at radius 3 is 2.46 bits per heavy atom. The predicted octanol–water partition coefficient (Wildman–Crippen LogP) is 3.32. The number of halogens is 1. The molecule has 134 valence electrons. The smallest absolute Gasteiger partial charge is 0.227 e. The molecule has 0 atom stereocenters. The third kappa shape index (κ3) is 4.37. The van der Waals surface area contributed by atoms with Gasteiger partial charge in [-0.15, -0.1) is 0 Å². The van der Waals surface area contributed by atoms with Crippen LogP contribution in [0, 0.1) is 12.8 Å². The molecule has 0 spiro atoms. The maximum Gasteiger partial charge on any atom is 0.227 e. The van der Waals surface area contributed by atoms with Crippen LogP contribution in [0.3, 0.4) is 0 Å². The van der Waals surface area contributed by atoms with Crippen LogP contribution < -0.4 is 5.32 Å². The Balaban J connectivity index is 2.05. The maximum atomic E-state index is 12.6. The summed E-state index contributed by atoms with van der Waals surface area (Å²) in [6.45, 7) is 6.54. The van der Waals surface area contributed by atoms with Crippen LogP contribution in [0.2, 0.25) is 0 Å². The molecule has 0 unspecified atom stereocenters. The van der Waals surface area contributed by atoms with Crippen LogP contribution in [0.25, 0.3) is 0 Å². The number of anilines is 1. The van der Waals surface area contributed by atoms with Gasteiger partial charge in [-0.05, 0) is 56.4 Å². The van der Waals surface area contributed by atoms with Crippen molar-refractivity contribution in [3.63, 3.8) is 0 Å². The van der Waals surface area contributed by atoms with E-state index in [9.17, 15) is 13.2 Å². The van der Waals surface area contributed by atoms with E-state index in [0.717, 1.165) is 27.7 Å². The molecule has 1 aromatic rings. The van der Waals surface area contributed by atoms with Crippen molar-refractivity contribution in [3.05, 3.63) is 27.7 Å². The third-order valence-electron chi connectivity index (χ3n) is 4.59. The lowest BCUT2D eigenvalue weighted by Crippen LogP contribution is -2.42. The zero-order chi connectivity index (χ0) is 17.9. The minimum Gasteiger partial charge on any atom is -0.325 e. The first-order valence-corrected chi connectivity index (χ1v) is 10.8. The number of hydrogen-bond acceptors (Lipinski definition) is 3. The molecule has 1 amide bonds. The summed E-state index contributed by atoms with van der Waals surface area (Å²) in [6, 6.07) is 4.02. The molecule has 5 nitrogen and oxygen atoms in total. The van der Waals surface area contributed by atoms with Crippen LogP contribution in [0.4, 0.5) is 5.69 Å². The highest BCUT2D eigenvalue weighted by atomic mass is 79.9. The van der Waals surface area contributed by atoms with Gasteiger partial charge in [0.05, 0.1) is 5.75 Å². The molecule has 0 radical (unpaired) electrons. The fourth-order valence-corrected chi connectivity index (χ4v) is 4.83. The molecule has 1 aliphatic rings. The van der Waals surface area contributed by atoms with Crippen molar-refractivity contribution >= 4 is 37.5 Å². The average molecular weight is 417 g/mol. The lowest BCUT2D eigenvalue weighted by atomic mass is 9.96. The molecule has 1 heterocycles. The SMILES string of the molecule is CCc1cc(Br)cc(C)c1NC(=O)C1CCN(S(=O)(=O)CC)CC1. The van der Waals surface area contributed by atoms with Gasteiger partial charge in [0.2, 0.25) is 15.9 Å². The molecule has 1 aliphatic heterocycles. The summed E-state index contributed by atoms with van der Waals surface area (Å²) in [5, 5.41) is 3.07. The van der Waals surface area contributed by atoms with Crippen LogP contribution in [-0.2, 0) is 21.2 Å². The zero-order valence-corrected chi connectivity index (χ0v) is 16.8. The molecule has 0 aromatic heterocycles. The molecule has 24 heavy (non-hydrogen) atoms. The van der Waals surface area contributed by atoms with Gasteiger partial charge < -0.3 is 5.32 Å². The van der Waals surface area contributed by atoms with Gasteiger partial charge in [0, 0.05) is 29.2 Å². The Labute approximate surface area is 153 Å². The fourth-order valence-electron chi connectivity index (χ4n) is 3.07. The lowest BCUT2D eigenvalue weighted by Gasteiger charge is -2.30. The van der Waals surface area contributed by atoms with Crippen molar-refractivity contribution in [2.45, 2.75) is 40.0 Å². The van der Waals surface area contributed by atoms with E-state index in [1.807, 2.05) is 19.1 Å². The molecule has 0 saturated carbocycles. The van der Waals surface area contributed by atoms with Crippen LogP contribution in [0.15, 0.2) is 16.6 Å². The number of piperidine rings is 1. The number of hydrogen-bond donors (Lipinski definition) is 1. The monoisotopic (exact) mass is 416 g/mol. The topological polar surface area (TPSA) is 66.5 Å². The molecule has 1 aromatic carbocycles. The Kier molecular flexibility index (Phi) is 6.45. The number of rotatable bonds is 5. The molecule has 1 N–H and O–H groups in total. The number of nitrogens with one attached hydrogen (secondary N) is 1. The van der Waals surface area contributed by atoms with Crippen LogP contribution in [0.1, 0.15) is 37.8 Å². The normalized spacial score (nSPS) is 17.0. The number of benzene rings is 1. The molecule has 0 aliphatic carbocycles. The van der Waals surface area contributed by atoms with Crippen LogP contribution >= 0.6 is 15.9 Å². The Hall–Kier alpha value is -0.920. The van der Waals surface area contributed by atoms with Crippen molar-refractivity contribution in [2.24, 2.45) is 5.92 Å². The van der Waals surface area contributed by atoms with E-state index in [2.05, 4.69) is 28.2 Å². The number of aryl methyl sites for hydroxylation is 2. The van der Waals surface area contributed by atoms with E-state index in [-0.39, 0.29) is 17.6 Å². The van der Waals surface area contributed by atoms with Gasteiger partial charge in [-0.1, -0.05) is 22.9 Å². The van der Waals surface area contributed by atoms with Crippen molar-refractivity contribution in [3.8, 4) is 0 Å². The molecule has 1 saturated heterocycles. The second kappa shape index (κ2) is 7.97. The first-order chi connectivity index (χ1) is 11.3. The molecule has 0 bridgehead atoms. The van der Waals surface area contributed by atoms with Gasteiger partial charge in [-0.3, -0.25) is 4.79 Å². The highest BCUT2D eigenvalue weighted by Gasteiger charge is 2.30. The van der Waals surface area contributed by atoms with Crippen LogP contribution in [-0.4, -0.2) is 37.5 Å². The number of carbonyl (C=O) groups excluding carboxylic acids is 1. The largest absolute Gasteiger partial charge is 0.325 e. The molecular formula is C17H25BrN2O3S. The van der Waals surface area contributed by atoms with E-state index < -0.39 is 10.0 Å². The van der Waals surface area contributed by atoms with Gasteiger partial charge in [-0.25, -0.2) is 12.7 Å². The molecular weight excluding hydrogens is 392 g/mol. The van der Waals surface area contributed by atoms with Gasteiger partial charge in [0.25, 0.3) is 0 Å². The zero-order valence-electron chi connectivity index (χ0n) is 14.4. The van der Waals surface area contributed by atoms with Gasteiger partial charge in [-0.2, -0.15) is 0 Å². The van der Waals surface area contributed by atoms with Crippen molar-refractivity contribution < 1.29 is 13.2 Å². The molecule has 1 fully saturated rings. The average Bonchev–Trinajstić information content (AvgIpc) is 2.56. The minimum absolute atomic E-state index is 0.0105. The highest BCUT2D eigenvalue weighted by molar-refractivity contribution is 9.10. The van der Waals surface area contributed by atoms with E-state index in [4.69, 9.17) is 0 Å². The van der Waals surface area contributed by atoms with Crippen molar-refractivity contribution in [2.75, 3.05) is 24.2 Å². The fraction of sp³-hybridized carbons (Fsp3) is 0.588. The van der Waals surface area contributed by atoms with E-state index in [1.165, 1.54) is 4.31 Å². The number of nitrogens with zero attached hydrogens (tertiary/aromatic N) is 1. The summed E-state index contributed by atoms with van der Waals surface area (Å²) in [7, 11) is -3.15. The summed E-state index contributed by atoms with van der Waals surface area (Å²) in [5.41, 5.74) is 3.01. The Morgan fingerprint density at radius 1 is 1.29 bits per heavy atom. The Bertz CT molecular complexity index is 711. The van der Waals surface area contributed by atoms with Gasteiger partial charge in [0.1, 0.15) is 0 Å². The van der Waals surface area contributed by atoms with E-state index in [0.29, 0.717) is 25.9 Å². The first kappa shape index (κ1) is 19.4. The van der Waals surface area contributed by atoms with Crippen molar-refractivity contribution in [1.29, 1.82) is 0 Å². The Morgan fingerprint density at radius 2 is 1.92 bits per heavy atom. The summed E-state index contributed by atoms with van der Waals surface area (Å²) in [6.07, 6.45) is 1.98. The molecule has 2 rings (SSSR count). The second-order valence-corrected chi connectivity index (χ2v) is 9.35. The number of carbonyl (C=O) groups is 1. The maximum absolute atomic E-state index is 12.6. The lowest BCUT2D eigenvalue weighted by molar-refractivity contribution is -0.120. The second-order valence-electron chi connectivity index (χ2n) is 6.17. The summed E-state index contributed by atoms with van der Waals surface area (Å²) in [5.74, 6) is -0.0355.